The Kier molecular flexibility index (Phi) is 4.37. The Morgan fingerprint density at radius 3 is 2.31 bits per heavy atom. The van der Waals surface area contributed by atoms with Gasteiger partial charge < -0.3 is 5.32 Å². The average molecular weight is 248 g/mol. The third-order valence-electron chi connectivity index (χ3n) is 3.18. The first-order valence-electron chi connectivity index (χ1n) is 5.93. The molecule has 2 unspecified atom stereocenters. The summed E-state index contributed by atoms with van der Waals surface area (Å²) in [6, 6.07) is 0.456. The molecule has 5 heteroatoms. The number of nitrogens with one attached hydrogen (secondary N) is 1. The highest BCUT2D eigenvalue weighted by Crippen LogP contribution is 2.24. The van der Waals surface area contributed by atoms with Gasteiger partial charge in [-0.3, -0.25) is 0 Å². The van der Waals surface area contributed by atoms with Crippen LogP contribution in [0.3, 0.4) is 0 Å². The van der Waals surface area contributed by atoms with Gasteiger partial charge in [0.25, 0.3) is 0 Å². The van der Waals surface area contributed by atoms with Crippen molar-refractivity contribution in [2.45, 2.75) is 57.7 Å². The Hall–Kier alpha value is -0.130. The fourth-order valence-electron chi connectivity index (χ4n) is 2.02. The summed E-state index contributed by atoms with van der Waals surface area (Å²) in [5.41, 5.74) is 0.346. The van der Waals surface area contributed by atoms with Crippen molar-refractivity contribution in [3.8, 4) is 0 Å². The van der Waals surface area contributed by atoms with Crippen molar-refractivity contribution in [1.82, 2.24) is 5.32 Å². The van der Waals surface area contributed by atoms with Crippen LogP contribution >= 0.6 is 0 Å². The predicted molar refractivity (Wildman–Crippen MR) is 66.6 cm³/mol. The van der Waals surface area contributed by atoms with Crippen LogP contribution in [0.1, 0.15) is 46.5 Å². The summed E-state index contributed by atoms with van der Waals surface area (Å²) in [5.74, 6) is 0. The predicted octanol–water partition coefficient (Wildman–Crippen LogP) is 1.22. The number of hydrogen-bond donors (Lipinski definition) is 2. The van der Waals surface area contributed by atoms with Gasteiger partial charge in [-0.25, -0.2) is 13.6 Å². The second-order valence-corrected chi connectivity index (χ2v) is 7.84. The maximum absolute atomic E-state index is 11.1. The van der Waals surface area contributed by atoms with Crippen LogP contribution in [0.15, 0.2) is 0 Å². The van der Waals surface area contributed by atoms with Crippen molar-refractivity contribution in [2.24, 2.45) is 10.6 Å². The highest BCUT2D eigenvalue weighted by molar-refractivity contribution is 7.89. The number of sulfonamides is 1. The highest BCUT2D eigenvalue weighted by Gasteiger charge is 2.28. The van der Waals surface area contributed by atoms with Crippen LogP contribution in [0.4, 0.5) is 0 Å². The fraction of sp³-hybridized carbons (Fsp3) is 1.00. The molecule has 96 valence electrons. The second-order valence-electron chi connectivity index (χ2n) is 5.99. The van der Waals surface area contributed by atoms with Gasteiger partial charge in [-0.05, 0) is 31.1 Å². The van der Waals surface area contributed by atoms with Crippen molar-refractivity contribution in [3.63, 3.8) is 0 Å². The van der Waals surface area contributed by atoms with Gasteiger partial charge in [0, 0.05) is 12.6 Å². The molecule has 0 aromatic rings. The Labute approximate surface area is 99.0 Å². The summed E-state index contributed by atoms with van der Waals surface area (Å²) in [5, 5.41) is 8.03. The Bertz CT molecular complexity index is 311. The van der Waals surface area contributed by atoms with Crippen LogP contribution in [0.2, 0.25) is 0 Å². The lowest BCUT2D eigenvalue weighted by Crippen LogP contribution is -2.46. The molecule has 1 saturated heterocycles. The fourth-order valence-corrected chi connectivity index (χ4v) is 2.82. The van der Waals surface area contributed by atoms with Gasteiger partial charge >= 0.3 is 0 Å². The standard InChI is InChI=1S/C11H24N2O2S/c1-11(2,3)7-6-9-4-5-10(8-13-9)16(12,14)15/h9-10,13H,4-8H2,1-3H3,(H2,12,14,15). The van der Waals surface area contributed by atoms with Crippen LogP contribution in [-0.2, 0) is 10.0 Å². The number of piperidine rings is 1. The molecule has 1 heterocycles. The molecule has 0 spiro atoms. The van der Waals surface area contributed by atoms with Crippen LogP contribution < -0.4 is 10.5 Å². The quantitative estimate of drug-likeness (QED) is 0.789. The summed E-state index contributed by atoms with van der Waals surface area (Å²) >= 11 is 0. The molecule has 0 saturated carbocycles. The van der Waals surface area contributed by atoms with E-state index in [-0.39, 0.29) is 0 Å². The van der Waals surface area contributed by atoms with E-state index in [9.17, 15) is 8.42 Å². The van der Waals surface area contributed by atoms with Crippen LogP contribution in [0.25, 0.3) is 0 Å². The molecule has 16 heavy (non-hydrogen) atoms. The molecule has 1 aliphatic heterocycles. The Morgan fingerprint density at radius 2 is 1.94 bits per heavy atom. The maximum Gasteiger partial charge on any atom is 0.213 e. The van der Waals surface area contributed by atoms with Gasteiger partial charge in [0.15, 0.2) is 0 Å². The zero-order valence-corrected chi connectivity index (χ0v) is 11.3. The van der Waals surface area contributed by atoms with Crippen LogP contribution in [-0.4, -0.2) is 26.3 Å². The van der Waals surface area contributed by atoms with Crippen molar-refractivity contribution < 1.29 is 8.42 Å². The molecule has 0 amide bonds. The molecule has 4 nitrogen and oxygen atoms in total. The average Bonchev–Trinajstić information content (AvgIpc) is 2.13. The second kappa shape index (κ2) is 5.02. The minimum absolute atomic E-state index is 0.346. The first-order valence-corrected chi connectivity index (χ1v) is 7.54. The van der Waals surface area contributed by atoms with Gasteiger partial charge in [-0.1, -0.05) is 20.8 Å². The van der Waals surface area contributed by atoms with Crippen molar-refractivity contribution in [1.29, 1.82) is 0 Å². The smallest absolute Gasteiger partial charge is 0.213 e. The van der Waals surface area contributed by atoms with Crippen molar-refractivity contribution in [2.75, 3.05) is 6.54 Å². The SMILES string of the molecule is CC(C)(C)CCC1CCC(S(N)(=O)=O)CN1. The van der Waals surface area contributed by atoms with Crippen molar-refractivity contribution in [3.05, 3.63) is 0 Å². The molecule has 3 N–H and O–H groups in total. The number of rotatable bonds is 3. The normalized spacial score (nSPS) is 28.0. The lowest BCUT2D eigenvalue weighted by atomic mass is 9.87. The molecule has 0 aliphatic carbocycles. The largest absolute Gasteiger partial charge is 0.313 e. The van der Waals surface area contributed by atoms with E-state index in [0.717, 1.165) is 19.3 Å². The Balaban J connectivity index is 2.33. The third-order valence-corrected chi connectivity index (χ3v) is 4.51. The molecule has 2 atom stereocenters. The minimum atomic E-state index is -3.36. The molecule has 1 rings (SSSR count). The molecular weight excluding hydrogens is 224 g/mol. The topological polar surface area (TPSA) is 72.2 Å². The molecule has 0 bridgehead atoms. The van der Waals surface area contributed by atoms with E-state index in [4.69, 9.17) is 5.14 Å². The van der Waals surface area contributed by atoms with Crippen LogP contribution in [0, 0.1) is 5.41 Å². The van der Waals surface area contributed by atoms with Crippen molar-refractivity contribution >= 4 is 10.0 Å². The monoisotopic (exact) mass is 248 g/mol. The maximum atomic E-state index is 11.1. The molecule has 0 aromatic carbocycles. The molecule has 1 aliphatic rings. The number of hydrogen-bond acceptors (Lipinski definition) is 3. The first-order chi connectivity index (χ1) is 7.18. The van der Waals surface area contributed by atoms with Gasteiger partial charge in [-0.15, -0.1) is 0 Å². The first kappa shape index (κ1) is 13.9. The van der Waals surface area contributed by atoms with Gasteiger partial charge in [0.1, 0.15) is 0 Å². The summed E-state index contributed by atoms with van der Waals surface area (Å²) in [4.78, 5) is 0. The summed E-state index contributed by atoms with van der Waals surface area (Å²) in [6.07, 6.45) is 3.88. The van der Waals surface area contributed by atoms with E-state index >= 15 is 0 Å². The summed E-state index contributed by atoms with van der Waals surface area (Å²) < 4.78 is 22.3. The summed E-state index contributed by atoms with van der Waals surface area (Å²) in [6.45, 7) is 7.18. The number of nitrogens with two attached hydrogens (primary N) is 1. The minimum Gasteiger partial charge on any atom is -0.313 e. The van der Waals surface area contributed by atoms with E-state index in [0.29, 0.717) is 24.4 Å². The lowest BCUT2D eigenvalue weighted by Gasteiger charge is -2.30. The van der Waals surface area contributed by atoms with Gasteiger partial charge in [-0.2, -0.15) is 0 Å². The molecule has 1 fully saturated rings. The van der Waals surface area contributed by atoms with Gasteiger partial charge in [0.2, 0.25) is 10.0 Å². The van der Waals surface area contributed by atoms with Gasteiger partial charge in [0.05, 0.1) is 5.25 Å². The highest BCUT2D eigenvalue weighted by atomic mass is 32.2. The van der Waals surface area contributed by atoms with E-state index in [1.165, 1.54) is 0 Å². The molecule has 0 aromatic heterocycles. The lowest BCUT2D eigenvalue weighted by molar-refractivity contribution is 0.302. The summed E-state index contributed by atoms with van der Waals surface area (Å²) in [7, 11) is -3.36. The third kappa shape index (κ3) is 4.80. The molecule has 0 radical (unpaired) electrons. The van der Waals surface area contributed by atoms with E-state index in [2.05, 4.69) is 26.1 Å². The zero-order chi connectivity index (χ0) is 12.4. The van der Waals surface area contributed by atoms with E-state index in [1.54, 1.807) is 0 Å². The van der Waals surface area contributed by atoms with E-state index < -0.39 is 15.3 Å². The van der Waals surface area contributed by atoms with E-state index in [1.807, 2.05) is 0 Å². The molecular formula is C11H24N2O2S. The Morgan fingerprint density at radius 1 is 1.31 bits per heavy atom. The number of primary sulfonamides is 1. The zero-order valence-electron chi connectivity index (χ0n) is 10.5. The van der Waals surface area contributed by atoms with Crippen LogP contribution in [0.5, 0.6) is 0 Å².